The molecule has 1 N–H and O–H groups in total. The Morgan fingerprint density at radius 3 is 2.29 bits per heavy atom. The molecular formula is C16H27NO3S. The molecule has 0 aromatic heterocycles. The van der Waals surface area contributed by atoms with Crippen LogP contribution in [-0.2, 0) is 14.6 Å². The van der Waals surface area contributed by atoms with Gasteiger partial charge in [-0.3, -0.25) is 0 Å². The Labute approximate surface area is 128 Å². The fourth-order valence-electron chi connectivity index (χ4n) is 2.65. The summed E-state index contributed by atoms with van der Waals surface area (Å²) >= 11 is 0. The number of rotatable bonds is 9. The van der Waals surface area contributed by atoms with Crippen molar-refractivity contribution in [3.63, 3.8) is 0 Å². The molecule has 0 saturated heterocycles. The van der Waals surface area contributed by atoms with Gasteiger partial charge in [-0.15, -0.1) is 0 Å². The molecule has 1 aromatic rings. The average molecular weight is 313 g/mol. The van der Waals surface area contributed by atoms with Gasteiger partial charge in [0.2, 0.25) is 0 Å². The zero-order valence-electron chi connectivity index (χ0n) is 13.4. The van der Waals surface area contributed by atoms with Gasteiger partial charge in [-0.2, -0.15) is 0 Å². The molecule has 0 aliphatic heterocycles. The van der Waals surface area contributed by atoms with Crippen molar-refractivity contribution < 1.29 is 13.2 Å². The second-order valence-corrected chi connectivity index (χ2v) is 7.79. The number of ether oxygens (including phenoxy) is 1. The first kappa shape index (κ1) is 18.1. The molecule has 1 rings (SSSR count). The van der Waals surface area contributed by atoms with Crippen molar-refractivity contribution >= 4 is 9.84 Å². The average Bonchev–Trinajstić information content (AvgIpc) is 2.45. The first-order valence-corrected chi connectivity index (χ1v) is 9.14. The van der Waals surface area contributed by atoms with Crippen LogP contribution < -0.4 is 5.32 Å². The van der Waals surface area contributed by atoms with Crippen LogP contribution in [0.25, 0.3) is 0 Å². The Kier molecular flexibility index (Phi) is 7.35. The monoisotopic (exact) mass is 313 g/mol. The smallest absolute Gasteiger partial charge is 0.157 e. The van der Waals surface area contributed by atoms with E-state index in [1.54, 1.807) is 0 Å². The Hall–Kier alpha value is -0.910. The topological polar surface area (TPSA) is 55.4 Å². The second-order valence-electron chi connectivity index (χ2n) is 5.51. The summed E-state index contributed by atoms with van der Waals surface area (Å²) in [6.07, 6.45) is 0. The van der Waals surface area contributed by atoms with E-state index in [0.717, 1.165) is 12.1 Å². The molecule has 2 atom stereocenters. The van der Waals surface area contributed by atoms with Crippen molar-refractivity contribution in [2.75, 3.05) is 26.0 Å². The molecule has 1 aromatic carbocycles. The molecule has 0 bridgehead atoms. The summed E-state index contributed by atoms with van der Waals surface area (Å²) < 4.78 is 30.4. The molecule has 0 spiro atoms. The van der Waals surface area contributed by atoms with Crippen LogP contribution in [0.1, 0.15) is 32.4 Å². The maximum atomic E-state index is 12.7. The standard InChI is InChI=1S/C16H27NO3S/c1-5-17-15(14-9-7-6-8-10-14)16(13(2)3)21(18,19)12-11-20-4/h6-10,13,15-17H,5,11-12H2,1-4H3. The third kappa shape index (κ3) is 5.09. The van der Waals surface area contributed by atoms with E-state index in [1.165, 1.54) is 7.11 Å². The molecule has 0 radical (unpaired) electrons. The van der Waals surface area contributed by atoms with Crippen LogP contribution in [0.3, 0.4) is 0 Å². The molecule has 0 heterocycles. The van der Waals surface area contributed by atoms with Crippen molar-refractivity contribution in [1.29, 1.82) is 0 Å². The molecule has 0 fully saturated rings. The van der Waals surface area contributed by atoms with Gasteiger partial charge >= 0.3 is 0 Å². The van der Waals surface area contributed by atoms with E-state index in [9.17, 15) is 8.42 Å². The maximum Gasteiger partial charge on any atom is 0.157 e. The fourth-order valence-corrected chi connectivity index (χ4v) is 4.81. The molecule has 0 amide bonds. The minimum atomic E-state index is -3.24. The van der Waals surface area contributed by atoms with E-state index in [2.05, 4.69) is 5.32 Å². The van der Waals surface area contributed by atoms with Gasteiger partial charge in [-0.05, 0) is 18.0 Å². The van der Waals surface area contributed by atoms with E-state index >= 15 is 0 Å². The highest BCUT2D eigenvalue weighted by Gasteiger charge is 2.36. The normalized spacial score (nSPS) is 15.1. The van der Waals surface area contributed by atoms with Gasteiger partial charge in [0, 0.05) is 13.2 Å². The fraction of sp³-hybridized carbons (Fsp3) is 0.625. The van der Waals surface area contributed by atoms with E-state index < -0.39 is 15.1 Å². The van der Waals surface area contributed by atoms with Crippen molar-refractivity contribution in [2.24, 2.45) is 5.92 Å². The molecule has 21 heavy (non-hydrogen) atoms. The molecule has 0 aliphatic carbocycles. The summed E-state index contributed by atoms with van der Waals surface area (Å²) in [5, 5.41) is 2.88. The highest BCUT2D eigenvalue weighted by molar-refractivity contribution is 7.92. The van der Waals surface area contributed by atoms with E-state index in [-0.39, 0.29) is 24.3 Å². The largest absolute Gasteiger partial charge is 0.384 e. The van der Waals surface area contributed by atoms with E-state index in [0.29, 0.717) is 0 Å². The lowest BCUT2D eigenvalue weighted by Gasteiger charge is -2.31. The first-order chi connectivity index (χ1) is 9.94. The van der Waals surface area contributed by atoms with Gasteiger partial charge < -0.3 is 10.1 Å². The van der Waals surface area contributed by atoms with Crippen LogP contribution in [0.4, 0.5) is 0 Å². The summed E-state index contributed by atoms with van der Waals surface area (Å²) in [6.45, 7) is 6.88. The lowest BCUT2D eigenvalue weighted by atomic mass is 9.96. The number of hydrogen-bond donors (Lipinski definition) is 1. The quantitative estimate of drug-likeness (QED) is 0.761. The minimum Gasteiger partial charge on any atom is -0.384 e. The number of hydrogen-bond acceptors (Lipinski definition) is 4. The van der Waals surface area contributed by atoms with Gasteiger partial charge in [0.05, 0.1) is 17.6 Å². The lowest BCUT2D eigenvalue weighted by molar-refractivity contribution is 0.216. The first-order valence-electron chi connectivity index (χ1n) is 7.42. The van der Waals surface area contributed by atoms with Gasteiger partial charge in [0.15, 0.2) is 9.84 Å². The maximum absolute atomic E-state index is 12.7. The van der Waals surface area contributed by atoms with Crippen LogP contribution >= 0.6 is 0 Å². The molecular weight excluding hydrogens is 286 g/mol. The van der Waals surface area contributed by atoms with Crippen LogP contribution in [0.15, 0.2) is 30.3 Å². The van der Waals surface area contributed by atoms with E-state index in [1.807, 2.05) is 51.1 Å². The number of methoxy groups -OCH3 is 1. The number of sulfone groups is 1. The Bertz CT molecular complexity index is 500. The molecule has 0 aliphatic rings. The van der Waals surface area contributed by atoms with Crippen LogP contribution in [0.5, 0.6) is 0 Å². The van der Waals surface area contributed by atoms with Crippen LogP contribution in [0.2, 0.25) is 0 Å². The van der Waals surface area contributed by atoms with Crippen molar-refractivity contribution in [1.82, 2.24) is 5.32 Å². The predicted molar refractivity (Wildman–Crippen MR) is 87.1 cm³/mol. The van der Waals surface area contributed by atoms with Crippen molar-refractivity contribution in [3.05, 3.63) is 35.9 Å². The van der Waals surface area contributed by atoms with Crippen LogP contribution in [0, 0.1) is 5.92 Å². The van der Waals surface area contributed by atoms with Crippen molar-refractivity contribution in [3.8, 4) is 0 Å². The lowest BCUT2D eigenvalue weighted by Crippen LogP contribution is -2.42. The minimum absolute atomic E-state index is 0.0242. The summed E-state index contributed by atoms with van der Waals surface area (Å²) in [5.41, 5.74) is 1.01. The molecule has 4 nitrogen and oxygen atoms in total. The van der Waals surface area contributed by atoms with Gasteiger partial charge in [-0.25, -0.2) is 8.42 Å². The number of nitrogens with one attached hydrogen (secondary N) is 1. The van der Waals surface area contributed by atoms with Gasteiger partial charge in [-0.1, -0.05) is 51.1 Å². The highest BCUT2D eigenvalue weighted by Crippen LogP contribution is 2.28. The molecule has 120 valence electrons. The molecule has 0 saturated carbocycles. The predicted octanol–water partition coefficient (Wildman–Crippen LogP) is 2.42. The summed E-state index contributed by atoms with van der Waals surface area (Å²) in [5.74, 6) is 0.0808. The van der Waals surface area contributed by atoms with Gasteiger partial charge in [0.1, 0.15) is 0 Å². The Morgan fingerprint density at radius 2 is 1.81 bits per heavy atom. The molecule has 5 heteroatoms. The zero-order chi connectivity index (χ0) is 15.9. The Balaban J connectivity index is 3.15. The third-order valence-corrected chi connectivity index (χ3v) is 5.94. The van der Waals surface area contributed by atoms with E-state index in [4.69, 9.17) is 4.74 Å². The SMILES string of the molecule is CCNC(c1ccccc1)C(C(C)C)S(=O)(=O)CCOC. The van der Waals surface area contributed by atoms with Crippen LogP contribution in [-0.4, -0.2) is 39.7 Å². The third-order valence-electron chi connectivity index (χ3n) is 3.55. The van der Waals surface area contributed by atoms with Crippen molar-refractivity contribution in [2.45, 2.75) is 32.1 Å². The van der Waals surface area contributed by atoms with Gasteiger partial charge in [0.25, 0.3) is 0 Å². The molecule has 2 unspecified atom stereocenters. The Morgan fingerprint density at radius 1 is 1.19 bits per heavy atom. The summed E-state index contributed by atoms with van der Waals surface area (Å²) in [6, 6.07) is 9.59. The summed E-state index contributed by atoms with van der Waals surface area (Å²) in [7, 11) is -1.71. The zero-order valence-corrected chi connectivity index (χ0v) is 14.2. The second kappa shape index (κ2) is 8.51. The number of benzene rings is 1. The summed E-state index contributed by atoms with van der Waals surface area (Å²) in [4.78, 5) is 0. The highest BCUT2D eigenvalue weighted by atomic mass is 32.2.